The predicted molar refractivity (Wildman–Crippen MR) is 500 cm³/mol. The first kappa shape index (κ1) is 114. The number of hydrogen-bond acceptors (Lipinski definition) is 14. The van der Waals surface area contributed by atoms with Crippen LogP contribution in [-0.4, -0.2) is 95.9 Å². The van der Waals surface area contributed by atoms with Gasteiger partial charge >= 0.3 is 33.6 Å². The zero-order valence-electron chi connectivity index (χ0n) is 75.2. The van der Waals surface area contributed by atoms with Crippen LogP contribution >= 0.6 is 15.6 Å². The van der Waals surface area contributed by atoms with E-state index in [9.17, 15) is 43.5 Å². The van der Waals surface area contributed by atoms with Crippen LogP contribution in [0.15, 0.2) is 170 Å². The third-order valence-electron chi connectivity index (χ3n) is 19.9. The van der Waals surface area contributed by atoms with Crippen LogP contribution in [0.5, 0.6) is 0 Å². The fraction of sp³-hybridized carbons (Fsp3) is 0.693. The molecule has 0 heterocycles. The lowest BCUT2D eigenvalue weighted by Gasteiger charge is -2.21. The minimum atomic E-state index is -4.95. The molecule has 0 spiro atoms. The molecule has 18 heteroatoms. The van der Waals surface area contributed by atoms with Gasteiger partial charge in [0.15, 0.2) is 6.10 Å². The Kier molecular flexibility index (Phi) is 88.2. The number of esters is 3. The van der Waals surface area contributed by atoms with Crippen LogP contribution in [0.1, 0.15) is 393 Å². The highest BCUT2D eigenvalue weighted by molar-refractivity contribution is 7.47. The Morgan fingerprint density at radius 1 is 0.244 bits per heavy atom. The van der Waals surface area contributed by atoms with Crippen LogP contribution in [0.2, 0.25) is 0 Å². The highest BCUT2D eigenvalue weighted by Crippen LogP contribution is 2.45. The van der Waals surface area contributed by atoms with Crippen molar-refractivity contribution in [2.75, 3.05) is 39.6 Å². The van der Waals surface area contributed by atoms with E-state index >= 15 is 0 Å². The topological polar surface area (TPSA) is 231 Å². The van der Waals surface area contributed by atoms with Gasteiger partial charge in [0.1, 0.15) is 25.4 Å². The second kappa shape index (κ2) is 92.1. The Morgan fingerprint density at radius 2 is 0.445 bits per heavy atom. The van der Waals surface area contributed by atoms with Crippen LogP contribution in [0, 0.1) is 0 Å². The fourth-order valence-corrected chi connectivity index (χ4v) is 14.4. The zero-order valence-corrected chi connectivity index (χ0v) is 77.0. The van der Waals surface area contributed by atoms with Crippen molar-refractivity contribution in [3.05, 3.63) is 170 Å². The first-order valence-corrected chi connectivity index (χ1v) is 50.4. The molecule has 0 amide bonds. The maximum Gasteiger partial charge on any atom is 0.472 e. The van der Waals surface area contributed by atoms with Gasteiger partial charge in [-0.15, -0.1) is 0 Å². The number of hydrogen-bond donors (Lipinski definition) is 4. The van der Waals surface area contributed by atoms with Crippen LogP contribution in [0.4, 0.5) is 0 Å². The van der Waals surface area contributed by atoms with Crippen LogP contribution in [0.3, 0.4) is 0 Å². The maximum atomic E-state index is 13.1. The number of aliphatic hydroxyl groups excluding tert-OH is 2. The summed E-state index contributed by atoms with van der Waals surface area (Å²) in [6.07, 6.45) is 120. The molecular weight excluding hydrogens is 1530 g/mol. The average molecular weight is 1700 g/mol. The molecule has 0 bridgehead atoms. The Labute approximate surface area is 726 Å². The molecule has 0 fully saturated rings. The van der Waals surface area contributed by atoms with Crippen LogP contribution in [0.25, 0.3) is 0 Å². The summed E-state index contributed by atoms with van der Waals surface area (Å²) in [5.74, 6) is -1.58. The lowest BCUT2D eigenvalue weighted by molar-refractivity contribution is -0.161. The van der Waals surface area contributed by atoms with Gasteiger partial charge in [-0.05, 0) is 154 Å². The third-order valence-corrected chi connectivity index (χ3v) is 21.8. The smallest absolute Gasteiger partial charge is 0.463 e. The molecule has 119 heavy (non-hydrogen) atoms. The van der Waals surface area contributed by atoms with Gasteiger partial charge in [0.05, 0.1) is 26.4 Å². The lowest BCUT2D eigenvalue weighted by Crippen LogP contribution is -2.30. The minimum Gasteiger partial charge on any atom is -0.463 e. The van der Waals surface area contributed by atoms with Gasteiger partial charge in [-0.2, -0.15) is 0 Å². The van der Waals surface area contributed by atoms with Crippen molar-refractivity contribution in [2.24, 2.45) is 0 Å². The van der Waals surface area contributed by atoms with Crippen molar-refractivity contribution in [1.82, 2.24) is 0 Å². The average Bonchev–Trinajstić information content (AvgIpc) is 0.903. The van der Waals surface area contributed by atoms with Gasteiger partial charge in [0.25, 0.3) is 0 Å². The van der Waals surface area contributed by atoms with E-state index in [0.717, 1.165) is 180 Å². The van der Waals surface area contributed by atoms with Crippen molar-refractivity contribution in [2.45, 2.75) is 411 Å². The number of ether oxygens (including phenoxy) is 3. The molecule has 5 atom stereocenters. The summed E-state index contributed by atoms with van der Waals surface area (Å²) < 4.78 is 61.5. The maximum absolute atomic E-state index is 13.1. The molecule has 0 aromatic rings. The molecule has 0 aromatic heterocycles. The predicted octanol–water partition coefficient (Wildman–Crippen LogP) is 29.4. The van der Waals surface area contributed by atoms with Gasteiger partial charge in [-0.25, -0.2) is 9.13 Å². The largest absolute Gasteiger partial charge is 0.472 e. The number of allylic oxidation sites excluding steroid dienone is 28. The van der Waals surface area contributed by atoms with Crippen molar-refractivity contribution >= 4 is 33.6 Å². The molecule has 0 aromatic carbocycles. The van der Waals surface area contributed by atoms with Gasteiger partial charge in [0.2, 0.25) is 0 Å². The summed E-state index contributed by atoms with van der Waals surface area (Å²) in [6, 6.07) is 0. The second-order valence-electron chi connectivity index (χ2n) is 31.4. The number of rotatable bonds is 89. The molecule has 0 radical (unpaired) electrons. The number of phosphoric acid groups is 2. The van der Waals surface area contributed by atoms with Crippen molar-refractivity contribution in [3.8, 4) is 0 Å². The van der Waals surface area contributed by atoms with E-state index in [1.807, 2.05) is 0 Å². The molecule has 0 aliphatic carbocycles. The second-order valence-corrected chi connectivity index (χ2v) is 34.3. The van der Waals surface area contributed by atoms with E-state index in [1.165, 1.54) is 154 Å². The Bertz CT molecular complexity index is 2840. The lowest BCUT2D eigenvalue weighted by atomic mass is 10.0. The quantitative estimate of drug-likeness (QED) is 0.0146. The summed E-state index contributed by atoms with van der Waals surface area (Å²) in [6.45, 7) is 2.46. The number of phosphoric ester groups is 2. The summed E-state index contributed by atoms with van der Waals surface area (Å²) >= 11 is 0. The van der Waals surface area contributed by atoms with Crippen molar-refractivity contribution in [3.63, 3.8) is 0 Å². The molecule has 0 saturated heterocycles. The molecule has 5 unspecified atom stereocenters. The zero-order chi connectivity index (χ0) is 86.5. The van der Waals surface area contributed by atoms with Crippen LogP contribution in [-0.2, 0) is 55.8 Å². The van der Waals surface area contributed by atoms with E-state index in [1.54, 1.807) is 0 Å². The van der Waals surface area contributed by atoms with Gasteiger partial charge in [-0.1, -0.05) is 390 Å². The van der Waals surface area contributed by atoms with E-state index in [-0.39, 0.29) is 19.3 Å². The molecule has 682 valence electrons. The van der Waals surface area contributed by atoms with E-state index in [2.05, 4.69) is 191 Å². The Hall–Kier alpha value is -5.09. The van der Waals surface area contributed by atoms with E-state index < -0.39 is 91.5 Å². The summed E-state index contributed by atoms with van der Waals surface area (Å²) in [7, 11) is -9.82. The number of aliphatic hydroxyl groups is 2. The molecule has 0 saturated carbocycles. The summed E-state index contributed by atoms with van der Waals surface area (Å²) in [5, 5.41) is 20.7. The van der Waals surface area contributed by atoms with Crippen LogP contribution < -0.4 is 0 Å². The highest BCUT2D eigenvalue weighted by Gasteiger charge is 2.30. The highest BCUT2D eigenvalue weighted by atomic mass is 31.2. The first-order valence-electron chi connectivity index (χ1n) is 47.4. The van der Waals surface area contributed by atoms with Crippen molar-refractivity contribution in [1.29, 1.82) is 0 Å². The summed E-state index contributed by atoms with van der Waals surface area (Å²) in [5.41, 5.74) is 0. The fourth-order valence-electron chi connectivity index (χ4n) is 12.8. The third kappa shape index (κ3) is 93.5. The normalized spacial score (nSPS) is 14.5. The monoisotopic (exact) mass is 1700 g/mol. The first-order chi connectivity index (χ1) is 58.2. The minimum absolute atomic E-state index is 0.0866. The van der Waals surface area contributed by atoms with Gasteiger partial charge < -0.3 is 34.2 Å². The van der Waals surface area contributed by atoms with E-state index in [0.29, 0.717) is 19.3 Å². The van der Waals surface area contributed by atoms with Gasteiger partial charge in [-0.3, -0.25) is 32.5 Å². The molecule has 16 nitrogen and oxygen atoms in total. The SMILES string of the molecule is CC/C=C\C/C=C\C/C=C\C/C=C\C/C=C\C/C=C\CCCCCCCCCCCCCCC(=O)OCC(COP(=O)(O)OCC(O)COP(=O)(O)OCC(O)COC(=O)CCCCCCCCCCCCCCCCCCC/C=C\C/C=C\C/C=C\C/C=C\C/C=C\CC)OC(=O)CCCCCCCC/C=C\C/C=C\C/C=C\CCCCC. The molecule has 0 aliphatic rings. The number of carbonyl (C=O) groups is 3. The summed E-state index contributed by atoms with van der Waals surface area (Å²) in [4.78, 5) is 59.0. The molecule has 0 rings (SSSR count). The number of unbranched alkanes of at least 4 members (excludes halogenated alkanes) is 38. The molecule has 0 aliphatic heterocycles. The van der Waals surface area contributed by atoms with Crippen molar-refractivity contribution < 1.29 is 75.8 Å². The molecule has 4 N–H and O–H groups in total. The van der Waals surface area contributed by atoms with Gasteiger partial charge in [0, 0.05) is 19.3 Å². The Balaban J connectivity index is 4.54. The molecular formula is C101H172O16P2. The van der Waals surface area contributed by atoms with E-state index in [4.69, 9.17) is 32.3 Å². The number of carbonyl (C=O) groups excluding carboxylic acids is 3. The standard InChI is InChI=1S/C101H172O16P2/c1-4-7-10-13-16-19-22-25-28-31-34-36-38-40-42-44-46-47-49-51-52-54-56-58-61-63-66-69-72-75-78-81-84-87-99(104)111-90-96(102)91-113-118(107,108)114-92-97(103)93-115-119(109,110)116-95-98(117-101(106)89-86-83-80-77-74-71-68-65-60-33-30-27-24-21-18-15-12-9-6-3)94-112-100(105)88-85-82-79-76-73-70-67-64-62-59-57-55-53-50-48-45-43-41-39-37-35-32-29-26-23-20-17-14-11-8-5-2/h7-8,10-11,16-21,25-30,34-37,40-43,48,50,60,65,96-98,102-103H,4-6,9,12-15,22-24,31-33,38-39,44-47,49,51-59,61-64,66-95H2,1-3H3,(H,107,108)(H,109,110)/b10-7-,11-8-,19-16-,20-17-,21-18-,28-25-,29-26-,30-27-,36-34-,37-35-,42-40-,43-41-,50-48-,65-60-. The Morgan fingerprint density at radius 3 is 0.706 bits per heavy atom.